The summed E-state index contributed by atoms with van der Waals surface area (Å²) >= 11 is 0. The molecule has 5 nitrogen and oxygen atoms in total. The zero-order valence-corrected chi connectivity index (χ0v) is 15.6. The number of hydrogen-bond acceptors (Lipinski definition) is 4. The molecule has 0 amide bonds. The molecule has 1 heterocycles. The molecule has 1 aromatic carbocycles. The molecule has 0 spiro atoms. The molecule has 8 heteroatoms. The van der Waals surface area contributed by atoms with Gasteiger partial charge >= 0.3 is 12.1 Å². The molecule has 0 bridgehead atoms. The zero-order chi connectivity index (χ0) is 20.5. The monoisotopic (exact) mass is 399 g/mol. The molecular weight excluding hydrogens is 375 g/mol. The van der Waals surface area contributed by atoms with E-state index in [0.29, 0.717) is 12.3 Å². The standard InChI is InChI=1S/C20H24F3NO4/c1-13-7-15-9-17(28-6-2-5-20(21,22)23)4-3-14(15)8-16(13)10-24-11-19(27,12-24)18(25)26/h3-4,8-9,13,27H,2,5-7,10-12H2,1H3,(H,25,26)/t13-/m1/s1. The Balaban J connectivity index is 1.57. The zero-order valence-electron chi connectivity index (χ0n) is 15.6. The highest BCUT2D eigenvalue weighted by atomic mass is 19.4. The smallest absolute Gasteiger partial charge is 0.389 e. The topological polar surface area (TPSA) is 70.0 Å². The lowest BCUT2D eigenvalue weighted by molar-refractivity contribution is -0.177. The predicted octanol–water partition coefficient (Wildman–Crippen LogP) is 3.11. The van der Waals surface area contributed by atoms with E-state index in [9.17, 15) is 23.1 Å². The fourth-order valence-corrected chi connectivity index (χ4v) is 3.66. The second-order valence-corrected chi connectivity index (χ2v) is 7.73. The maximum Gasteiger partial charge on any atom is 0.389 e. The van der Waals surface area contributed by atoms with Gasteiger partial charge in [0.2, 0.25) is 0 Å². The Kier molecular flexibility index (Phi) is 5.72. The molecule has 1 aromatic rings. The van der Waals surface area contributed by atoms with E-state index in [1.165, 1.54) is 5.57 Å². The highest BCUT2D eigenvalue weighted by molar-refractivity contribution is 5.79. The third kappa shape index (κ3) is 4.86. The lowest BCUT2D eigenvalue weighted by atomic mass is 9.83. The first-order valence-corrected chi connectivity index (χ1v) is 9.27. The van der Waals surface area contributed by atoms with E-state index in [4.69, 9.17) is 9.84 Å². The maximum atomic E-state index is 12.2. The van der Waals surface area contributed by atoms with Crippen LogP contribution in [0, 0.1) is 5.92 Å². The third-order valence-electron chi connectivity index (χ3n) is 5.26. The van der Waals surface area contributed by atoms with Crippen molar-refractivity contribution in [3.63, 3.8) is 0 Å². The summed E-state index contributed by atoms with van der Waals surface area (Å²) in [6.45, 7) is 2.94. The summed E-state index contributed by atoms with van der Waals surface area (Å²) < 4.78 is 42.0. The quantitative estimate of drug-likeness (QED) is 0.690. The molecular formula is C20H24F3NO4. The number of rotatable bonds is 7. The van der Waals surface area contributed by atoms with Crippen LogP contribution in [0.25, 0.3) is 6.08 Å². The number of aliphatic carboxylic acids is 1. The van der Waals surface area contributed by atoms with Crippen LogP contribution in [-0.4, -0.2) is 59.1 Å². The van der Waals surface area contributed by atoms with Crippen molar-refractivity contribution in [2.75, 3.05) is 26.2 Å². The van der Waals surface area contributed by atoms with Gasteiger partial charge in [-0.15, -0.1) is 0 Å². The summed E-state index contributed by atoms with van der Waals surface area (Å²) in [7, 11) is 0. The average Bonchev–Trinajstić information content (AvgIpc) is 2.56. The Labute approximate surface area is 161 Å². The lowest BCUT2D eigenvalue weighted by Crippen LogP contribution is -2.66. The number of carboxylic acid groups (broad SMARTS) is 1. The van der Waals surface area contributed by atoms with Gasteiger partial charge < -0.3 is 14.9 Å². The number of hydrogen-bond donors (Lipinski definition) is 2. The van der Waals surface area contributed by atoms with Crippen molar-refractivity contribution in [1.29, 1.82) is 0 Å². The van der Waals surface area contributed by atoms with E-state index in [0.717, 1.165) is 17.5 Å². The number of carboxylic acids is 1. The molecule has 0 unspecified atom stereocenters. The van der Waals surface area contributed by atoms with Crippen molar-refractivity contribution in [2.24, 2.45) is 5.92 Å². The Morgan fingerprint density at radius 2 is 2.07 bits per heavy atom. The van der Waals surface area contributed by atoms with Gasteiger partial charge in [-0.25, -0.2) is 4.79 Å². The average molecular weight is 399 g/mol. The Hall–Kier alpha value is -2.06. The van der Waals surface area contributed by atoms with Crippen molar-refractivity contribution < 1.29 is 32.9 Å². The second-order valence-electron chi connectivity index (χ2n) is 7.73. The Bertz CT molecular complexity index is 769. The fraction of sp³-hybridized carbons (Fsp3) is 0.550. The van der Waals surface area contributed by atoms with Crippen LogP contribution in [0.15, 0.2) is 23.8 Å². The summed E-state index contributed by atoms with van der Waals surface area (Å²) in [4.78, 5) is 12.9. The number of halogens is 3. The number of ether oxygens (including phenoxy) is 1. The molecule has 1 atom stereocenters. The molecule has 154 valence electrons. The van der Waals surface area contributed by atoms with Gasteiger partial charge in [-0.2, -0.15) is 13.2 Å². The molecule has 0 saturated carbocycles. The van der Waals surface area contributed by atoms with E-state index in [1.807, 2.05) is 17.0 Å². The van der Waals surface area contributed by atoms with Gasteiger partial charge in [0.05, 0.1) is 6.61 Å². The Morgan fingerprint density at radius 3 is 2.71 bits per heavy atom. The first-order chi connectivity index (χ1) is 13.1. The normalized spacial score (nSPS) is 21.5. The lowest BCUT2D eigenvalue weighted by Gasteiger charge is -2.44. The summed E-state index contributed by atoms with van der Waals surface area (Å²) in [6, 6.07) is 5.52. The number of carbonyl (C=O) groups is 1. The minimum absolute atomic E-state index is 0.0242. The second kappa shape index (κ2) is 7.75. The van der Waals surface area contributed by atoms with Crippen molar-refractivity contribution in [2.45, 2.75) is 38.0 Å². The van der Waals surface area contributed by atoms with Gasteiger partial charge in [-0.1, -0.05) is 24.6 Å². The van der Waals surface area contributed by atoms with Crippen molar-refractivity contribution >= 4 is 12.0 Å². The highest BCUT2D eigenvalue weighted by Crippen LogP contribution is 2.33. The molecule has 2 N–H and O–H groups in total. The molecule has 1 aliphatic carbocycles. The van der Waals surface area contributed by atoms with Crippen molar-refractivity contribution in [3.8, 4) is 5.75 Å². The minimum atomic E-state index is -4.16. The minimum Gasteiger partial charge on any atom is -0.494 e. The van der Waals surface area contributed by atoms with Gasteiger partial charge in [0.1, 0.15) is 5.75 Å². The van der Waals surface area contributed by atoms with Crippen molar-refractivity contribution in [3.05, 3.63) is 34.9 Å². The maximum absolute atomic E-state index is 12.2. The number of fused-ring (bicyclic) bond motifs is 1. The van der Waals surface area contributed by atoms with Crippen LogP contribution in [0.3, 0.4) is 0 Å². The largest absolute Gasteiger partial charge is 0.494 e. The van der Waals surface area contributed by atoms with Gasteiger partial charge in [0.25, 0.3) is 0 Å². The molecule has 1 saturated heterocycles. The number of alkyl halides is 3. The van der Waals surface area contributed by atoms with E-state index in [1.54, 1.807) is 6.07 Å². The summed E-state index contributed by atoms with van der Waals surface area (Å²) in [5.41, 5.74) is 1.63. The van der Waals surface area contributed by atoms with Crippen LogP contribution in [0.4, 0.5) is 13.2 Å². The van der Waals surface area contributed by atoms with Crippen LogP contribution in [0.1, 0.15) is 30.9 Å². The first kappa shape index (κ1) is 20.7. The highest BCUT2D eigenvalue weighted by Gasteiger charge is 2.48. The first-order valence-electron chi connectivity index (χ1n) is 9.27. The van der Waals surface area contributed by atoms with E-state index < -0.39 is 24.2 Å². The number of likely N-dealkylation sites (tertiary alicyclic amines) is 1. The summed E-state index contributed by atoms with van der Waals surface area (Å²) in [6.07, 6.45) is -2.24. The van der Waals surface area contributed by atoms with Crippen LogP contribution in [0.5, 0.6) is 5.75 Å². The molecule has 2 aliphatic rings. The van der Waals surface area contributed by atoms with Gasteiger partial charge in [0.15, 0.2) is 5.60 Å². The summed E-state index contributed by atoms with van der Waals surface area (Å²) in [5, 5.41) is 18.8. The van der Waals surface area contributed by atoms with Crippen LogP contribution < -0.4 is 4.74 Å². The number of aliphatic hydroxyl groups is 1. The molecule has 28 heavy (non-hydrogen) atoms. The number of β-amino-alcohol motifs (C(OH)–C–C–N with tert-alkyl or cyclic N) is 1. The van der Waals surface area contributed by atoms with E-state index >= 15 is 0 Å². The van der Waals surface area contributed by atoms with E-state index in [2.05, 4.69) is 13.0 Å². The number of benzene rings is 1. The summed E-state index contributed by atoms with van der Waals surface area (Å²) in [5.74, 6) is -0.381. The van der Waals surface area contributed by atoms with Gasteiger partial charge in [0, 0.05) is 26.1 Å². The molecule has 3 rings (SSSR count). The third-order valence-corrected chi connectivity index (χ3v) is 5.26. The van der Waals surface area contributed by atoms with Gasteiger partial charge in [-0.3, -0.25) is 4.90 Å². The fourth-order valence-electron chi connectivity index (χ4n) is 3.66. The van der Waals surface area contributed by atoms with Gasteiger partial charge in [-0.05, 0) is 42.0 Å². The number of nitrogens with zero attached hydrogens (tertiary/aromatic N) is 1. The van der Waals surface area contributed by atoms with Crippen LogP contribution in [0.2, 0.25) is 0 Å². The van der Waals surface area contributed by atoms with Crippen LogP contribution >= 0.6 is 0 Å². The molecule has 1 aliphatic heterocycles. The molecule has 0 aromatic heterocycles. The van der Waals surface area contributed by atoms with Crippen molar-refractivity contribution in [1.82, 2.24) is 4.90 Å². The predicted molar refractivity (Wildman–Crippen MR) is 97.1 cm³/mol. The molecule has 0 radical (unpaired) electrons. The molecule has 1 fully saturated rings. The van der Waals surface area contributed by atoms with Crippen LogP contribution in [-0.2, 0) is 11.2 Å². The SMILES string of the molecule is C[C@@H]1Cc2cc(OCCCC(F)(F)F)ccc2C=C1CN1CC(O)(C(=O)O)C1. The van der Waals surface area contributed by atoms with E-state index in [-0.39, 0.29) is 32.0 Å². The Morgan fingerprint density at radius 1 is 1.36 bits per heavy atom.